The summed E-state index contributed by atoms with van der Waals surface area (Å²) in [6.45, 7) is 14.4. The van der Waals surface area contributed by atoms with Crippen molar-refractivity contribution in [1.29, 1.82) is 0 Å². The standard InChI is InChI=1S/C20H20BrNO4/c1-6-24-19(23)20(3,4)26-18-10-8-14(11-13(18)2)25-15-7-9-16(21)17(12-15)22-5/h7-12H,6H2,1-4H3. The molecule has 0 amide bonds. The van der Waals surface area contributed by atoms with Gasteiger partial charge in [0, 0.05) is 4.47 Å². The second kappa shape index (κ2) is 8.24. The number of aryl methyl sites for hydroxylation is 1. The Balaban J connectivity index is 2.17. The van der Waals surface area contributed by atoms with Gasteiger partial charge in [-0.1, -0.05) is 22.0 Å². The van der Waals surface area contributed by atoms with Gasteiger partial charge < -0.3 is 14.2 Å². The molecule has 0 aliphatic heterocycles. The fourth-order valence-electron chi connectivity index (χ4n) is 2.20. The second-order valence-corrected chi connectivity index (χ2v) is 6.94. The molecule has 0 aliphatic carbocycles. The van der Waals surface area contributed by atoms with Crippen LogP contribution >= 0.6 is 15.9 Å². The lowest BCUT2D eigenvalue weighted by Crippen LogP contribution is -2.39. The van der Waals surface area contributed by atoms with Crippen molar-refractivity contribution in [1.82, 2.24) is 0 Å². The SMILES string of the molecule is [C-]#[N+]c1cc(Oc2ccc(OC(C)(C)C(=O)OCC)c(C)c2)ccc1Br. The highest BCUT2D eigenvalue weighted by Gasteiger charge is 2.32. The molecular weight excluding hydrogens is 398 g/mol. The molecule has 0 bridgehead atoms. The Morgan fingerprint density at radius 1 is 1.19 bits per heavy atom. The van der Waals surface area contributed by atoms with Gasteiger partial charge in [-0.3, -0.25) is 0 Å². The van der Waals surface area contributed by atoms with E-state index >= 15 is 0 Å². The first-order chi connectivity index (χ1) is 12.3. The molecule has 2 aromatic carbocycles. The number of carbonyl (C=O) groups excluding carboxylic acids is 1. The van der Waals surface area contributed by atoms with Crippen LogP contribution in [-0.2, 0) is 9.53 Å². The normalized spacial score (nSPS) is 10.8. The Morgan fingerprint density at radius 2 is 1.85 bits per heavy atom. The van der Waals surface area contributed by atoms with E-state index in [9.17, 15) is 4.79 Å². The van der Waals surface area contributed by atoms with Gasteiger partial charge in [0.2, 0.25) is 5.69 Å². The minimum atomic E-state index is -1.08. The molecule has 0 saturated carbocycles. The molecule has 5 nitrogen and oxygen atoms in total. The van der Waals surface area contributed by atoms with E-state index in [-0.39, 0.29) is 0 Å². The van der Waals surface area contributed by atoms with Gasteiger partial charge in [-0.25, -0.2) is 9.64 Å². The predicted octanol–water partition coefficient (Wildman–Crippen LogP) is 5.82. The van der Waals surface area contributed by atoms with Crippen molar-refractivity contribution in [2.45, 2.75) is 33.3 Å². The lowest BCUT2D eigenvalue weighted by Gasteiger charge is -2.25. The van der Waals surface area contributed by atoms with Crippen LogP contribution in [0.25, 0.3) is 4.85 Å². The van der Waals surface area contributed by atoms with Crippen molar-refractivity contribution in [3.63, 3.8) is 0 Å². The number of esters is 1. The van der Waals surface area contributed by atoms with Gasteiger partial charge in [-0.05, 0) is 63.6 Å². The smallest absolute Gasteiger partial charge is 0.349 e. The van der Waals surface area contributed by atoms with E-state index < -0.39 is 11.6 Å². The zero-order valence-electron chi connectivity index (χ0n) is 15.1. The fourth-order valence-corrected chi connectivity index (χ4v) is 2.53. The van der Waals surface area contributed by atoms with E-state index in [1.807, 2.05) is 13.0 Å². The number of hydrogen-bond acceptors (Lipinski definition) is 4. The van der Waals surface area contributed by atoms with Gasteiger partial charge in [0.05, 0.1) is 13.2 Å². The van der Waals surface area contributed by atoms with E-state index in [0.717, 1.165) is 10.0 Å². The van der Waals surface area contributed by atoms with Crippen molar-refractivity contribution < 1.29 is 19.0 Å². The first kappa shape index (κ1) is 19.8. The highest BCUT2D eigenvalue weighted by molar-refractivity contribution is 9.10. The van der Waals surface area contributed by atoms with Crippen LogP contribution in [0.4, 0.5) is 5.69 Å². The summed E-state index contributed by atoms with van der Waals surface area (Å²) in [6, 6.07) is 10.5. The highest BCUT2D eigenvalue weighted by Crippen LogP contribution is 2.34. The highest BCUT2D eigenvalue weighted by atomic mass is 79.9. The number of nitrogens with zero attached hydrogens (tertiary/aromatic N) is 1. The summed E-state index contributed by atoms with van der Waals surface area (Å²) in [5.74, 6) is 1.34. The quantitative estimate of drug-likeness (QED) is 0.438. The molecule has 136 valence electrons. The van der Waals surface area contributed by atoms with Crippen LogP contribution in [0.2, 0.25) is 0 Å². The second-order valence-electron chi connectivity index (χ2n) is 6.09. The topological polar surface area (TPSA) is 49.1 Å². The third-order valence-corrected chi connectivity index (χ3v) is 4.22. The number of hydrogen-bond donors (Lipinski definition) is 0. The maximum Gasteiger partial charge on any atom is 0.349 e. The molecule has 6 heteroatoms. The van der Waals surface area contributed by atoms with Gasteiger partial charge >= 0.3 is 5.97 Å². The molecule has 26 heavy (non-hydrogen) atoms. The fraction of sp³-hybridized carbons (Fsp3) is 0.300. The first-order valence-electron chi connectivity index (χ1n) is 8.08. The van der Waals surface area contributed by atoms with Crippen molar-refractivity contribution in [3.8, 4) is 17.2 Å². The maximum absolute atomic E-state index is 12.0. The number of carbonyl (C=O) groups is 1. The van der Waals surface area contributed by atoms with Crippen LogP contribution in [0.5, 0.6) is 17.2 Å². The summed E-state index contributed by atoms with van der Waals surface area (Å²) in [7, 11) is 0. The molecule has 0 heterocycles. The molecule has 0 spiro atoms. The average Bonchev–Trinajstić information content (AvgIpc) is 2.59. The average molecular weight is 418 g/mol. The van der Waals surface area contributed by atoms with Crippen LogP contribution in [0, 0.1) is 13.5 Å². The van der Waals surface area contributed by atoms with Crippen molar-refractivity contribution in [3.05, 3.63) is 57.9 Å². The van der Waals surface area contributed by atoms with Gasteiger partial charge in [-0.15, -0.1) is 0 Å². The third-order valence-electron chi connectivity index (χ3n) is 3.55. The zero-order valence-corrected chi connectivity index (χ0v) is 16.7. The minimum absolute atomic E-state index is 0.303. The van der Waals surface area contributed by atoms with Crippen LogP contribution in [0.15, 0.2) is 40.9 Å². The Morgan fingerprint density at radius 3 is 2.46 bits per heavy atom. The lowest BCUT2D eigenvalue weighted by atomic mass is 10.1. The Bertz CT molecular complexity index is 855. The summed E-state index contributed by atoms with van der Waals surface area (Å²) in [5, 5.41) is 0. The summed E-state index contributed by atoms with van der Waals surface area (Å²) >= 11 is 3.32. The summed E-state index contributed by atoms with van der Waals surface area (Å²) < 4.78 is 17.4. The van der Waals surface area contributed by atoms with E-state index in [1.54, 1.807) is 51.1 Å². The Labute approximate surface area is 161 Å². The molecule has 0 saturated heterocycles. The van der Waals surface area contributed by atoms with Crippen molar-refractivity contribution in [2.75, 3.05) is 6.61 Å². The van der Waals surface area contributed by atoms with Gasteiger partial charge in [0.25, 0.3) is 0 Å². The molecule has 0 radical (unpaired) electrons. The lowest BCUT2D eigenvalue weighted by molar-refractivity contribution is -0.158. The van der Waals surface area contributed by atoms with Crippen LogP contribution in [0.1, 0.15) is 26.3 Å². The van der Waals surface area contributed by atoms with Crippen molar-refractivity contribution >= 4 is 27.6 Å². The van der Waals surface area contributed by atoms with Gasteiger partial charge in [0.15, 0.2) is 5.60 Å². The molecular formula is C20H20BrNO4. The number of benzene rings is 2. The number of halogens is 1. The Hall–Kier alpha value is -2.52. The molecule has 0 aliphatic rings. The summed E-state index contributed by atoms with van der Waals surface area (Å²) in [5.41, 5.74) is 0.220. The molecule has 0 fully saturated rings. The largest absolute Gasteiger partial charge is 0.476 e. The molecule has 0 atom stereocenters. The molecule has 2 aromatic rings. The maximum atomic E-state index is 12.0. The van der Waals surface area contributed by atoms with E-state index in [1.165, 1.54) is 0 Å². The monoisotopic (exact) mass is 417 g/mol. The number of ether oxygens (including phenoxy) is 3. The molecule has 2 rings (SSSR count). The van der Waals surface area contributed by atoms with Crippen LogP contribution in [-0.4, -0.2) is 18.2 Å². The van der Waals surface area contributed by atoms with E-state index in [4.69, 9.17) is 20.8 Å². The van der Waals surface area contributed by atoms with Gasteiger partial charge in [-0.2, -0.15) is 0 Å². The summed E-state index contributed by atoms with van der Waals surface area (Å²) in [6.07, 6.45) is 0. The molecule has 0 aromatic heterocycles. The van der Waals surface area contributed by atoms with E-state index in [0.29, 0.717) is 29.5 Å². The van der Waals surface area contributed by atoms with Crippen LogP contribution < -0.4 is 9.47 Å². The predicted molar refractivity (Wildman–Crippen MR) is 103 cm³/mol. The van der Waals surface area contributed by atoms with Crippen LogP contribution in [0.3, 0.4) is 0 Å². The number of rotatable bonds is 6. The summed E-state index contributed by atoms with van der Waals surface area (Å²) in [4.78, 5) is 15.4. The first-order valence-corrected chi connectivity index (χ1v) is 8.88. The van der Waals surface area contributed by atoms with Gasteiger partial charge in [0.1, 0.15) is 17.2 Å². The third kappa shape index (κ3) is 4.77. The molecule has 0 unspecified atom stereocenters. The zero-order chi connectivity index (χ0) is 19.3. The minimum Gasteiger partial charge on any atom is -0.476 e. The Kier molecular flexibility index (Phi) is 6.27. The van der Waals surface area contributed by atoms with E-state index in [2.05, 4.69) is 20.8 Å². The molecule has 0 N–H and O–H groups in total. The van der Waals surface area contributed by atoms with Crippen molar-refractivity contribution in [2.24, 2.45) is 0 Å².